The number of hydrogen-bond donors (Lipinski definition) is 2. The summed E-state index contributed by atoms with van der Waals surface area (Å²) in [6, 6.07) is 4.68. The minimum Gasteiger partial charge on any atom is -0.463 e. The molecule has 0 spiro atoms. The van der Waals surface area contributed by atoms with E-state index in [1.165, 1.54) is 13.1 Å². The van der Waals surface area contributed by atoms with E-state index in [2.05, 4.69) is 5.10 Å². The summed E-state index contributed by atoms with van der Waals surface area (Å²) in [5, 5.41) is 13.6. The summed E-state index contributed by atoms with van der Waals surface area (Å²) in [7, 11) is 1.46. The summed E-state index contributed by atoms with van der Waals surface area (Å²) in [5.74, 6) is 0.166. The lowest BCUT2D eigenvalue weighted by Crippen LogP contribution is -2.34. The van der Waals surface area contributed by atoms with Gasteiger partial charge in [-0.05, 0) is 39.0 Å². The first kappa shape index (κ1) is 15.6. The Morgan fingerprint density at radius 1 is 1.36 bits per heavy atom. The van der Waals surface area contributed by atoms with Gasteiger partial charge in [0, 0.05) is 18.1 Å². The number of nitrogens with two attached hydrogens (primary N) is 1. The third-order valence-corrected chi connectivity index (χ3v) is 2.85. The lowest BCUT2D eigenvalue weighted by molar-refractivity contribution is 0.0588. The molecular weight excluding hydrogens is 288 g/mol. The van der Waals surface area contributed by atoms with E-state index in [4.69, 9.17) is 10.5 Å². The van der Waals surface area contributed by atoms with E-state index in [1.807, 2.05) is 0 Å². The zero-order chi connectivity index (χ0) is 16.7. The molecule has 0 aliphatic carbocycles. The van der Waals surface area contributed by atoms with Crippen LogP contribution in [-0.2, 0) is 4.74 Å². The van der Waals surface area contributed by atoms with Crippen LogP contribution in [0.1, 0.15) is 20.8 Å². The summed E-state index contributed by atoms with van der Waals surface area (Å²) >= 11 is 0. The largest absolute Gasteiger partial charge is 0.463 e. The van der Waals surface area contributed by atoms with Crippen molar-refractivity contribution in [1.82, 2.24) is 9.78 Å². The maximum atomic E-state index is 12.1. The summed E-state index contributed by atoms with van der Waals surface area (Å²) in [5.41, 5.74) is 5.85. The van der Waals surface area contributed by atoms with Crippen LogP contribution in [0, 0.1) is 0 Å². The van der Waals surface area contributed by atoms with Crippen molar-refractivity contribution in [3.8, 4) is 0 Å². The quantitative estimate of drug-likeness (QED) is 0.783. The number of nitrogen functional groups attached to an aromatic ring is 1. The van der Waals surface area contributed by atoms with Crippen molar-refractivity contribution in [2.45, 2.75) is 26.4 Å². The van der Waals surface area contributed by atoms with E-state index in [0.717, 1.165) is 9.58 Å². The molecule has 0 saturated heterocycles. The molecule has 8 nitrogen and oxygen atoms in total. The zero-order valence-electron chi connectivity index (χ0n) is 12.8. The van der Waals surface area contributed by atoms with Gasteiger partial charge in [0.1, 0.15) is 5.60 Å². The smallest absolute Gasteiger partial charge is 0.432 e. The highest BCUT2D eigenvalue weighted by Crippen LogP contribution is 2.28. The van der Waals surface area contributed by atoms with Crippen LogP contribution in [0.4, 0.5) is 21.1 Å². The fourth-order valence-corrected chi connectivity index (χ4v) is 1.93. The van der Waals surface area contributed by atoms with Crippen molar-refractivity contribution in [3.63, 3.8) is 0 Å². The average Bonchev–Trinajstić information content (AvgIpc) is 2.74. The molecule has 0 unspecified atom stereocenters. The molecule has 0 fully saturated rings. The number of anilines is 2. The Labute approximate surface area is 127 Å². The van der Waals surface area contributed by atoms with Crippen molar-refractivity contribution in [2.24, 2.45) is 0 Å². The molecule has 2 aromatic rings. The van der Waals surface area contributed by atoms with E-state index in [0.29, 0.717) is 16.6 Å². The second kappa shape index (κ2) is 5.21. The first-order valence-corrected chi connectivity index (χ1v) is 6.58. The lowest BCUT2D eigenvalue weighted by Gasteiger charge is -2.23. The van der Waals surface area contributed by atoms with Crippen molar-refractivity contribution >= 4 is 34.6 Å². The zero-order valence-corrected chi connectivity index (χ0v) is 12.8. The van der Waals surface area contributed by atoms with Gasteiger partial charge in [0.15, 0.2) is 5.82 Å². The van der Waals surface area contributed by atoms with Gasteiger partial charge < -0.3 is 15.6 Å². The average molecular weight is 306 g/mol. The minimum atomic E-state index is -1.25. The van der Waals surface area contributed by atoms with Crippen molar-refractivity contribution in [1.29, 1.82) is 0 Å². The topological polar surface area (TPSA) is 111 Å². The molecule has 0 aliphatic rings. The number of ether oxygens (including phenoxy) is 1. The Kier molecular flexibility index (Phi) is 3.70. The number of rotatable bonds is 1. The monoisotopic (exact) mass is 306 g/mol. The molecule has 1 amide bonds. The number of benzene rings is 1. The van der Waals surface area contributed by atoms with Gasteiger partial charge >= 0.3 is 12.2 Å². The van der Waals surface area contributed by atoms with Crippen LogP contribution in [-0.4, -0.2) is 39.7 Å². The van der Waals surface area contributed by atoms with Gasteiger partial charge in [0.05, 0.1) is 5.52 Å². The normalized spacial score (nSPS) is 11.5. The molecule has 1 aromatic heterocycles. The predicted octanol–water partition coefficient (Wildman–Crippen LogP) is 2.52. The molecular formula is C14H18N4O4. The number of hydrogen-bond acceptors (Lipinski definition) is 5. The SMILES string of the molecule is CN(C(=O)OC(C)(C)C)c1nn(C(=O)O)c2ccc(N)cc12. The van der Waals surface area contributed by atoms with Crippen LogP contribution < -0.4 is 10.6 Å². The highest BCUT2D eigenvalue weighted by molar-refractivity contribution is 6.02. The van der Waals surface area contributed by atoms with Crippen LogP contribution in [0.15, 0.2) is 18.2 Å². The Morgan fingerprint density at radius 2 is 2.00 bits per heavy atom. The molecule has 1 aromatic carbocycles. The van der Waals surface area contributed by atoms with E-state index in [9.17, 15) is 14.7 Å². The van der Waals surface area contributed by atoms with Crippen LogP contribution in [0.25, 0.3) is 10.9 Å². The Bertz CT molecular complexity index is 745. The number of carboxylic acid groups (broad SMARTS) is 1. The van der Waals surface area contributed by atoms with Crippen LogP contribution >= 0.6 is 0 Å². The fraction of sp³-hybridized carbons (Fsp3) is 0.357. The number of amides is 1. The van der Waals surface area contributed by atoms with E-state index >= 15 is 0 Å². The van der Waals surface area contributed by atoms with E-state index in [1.54, 1.807) is 32.9 Å². The molecule has 3 N–H and O–H groups in total. The molecule has 8 heteroatoms. The van der Waals surface area contributed by atoms with Gasteiger partial charge in [-0.2, -0.15) is 4.68 Å². The second-order valence-electron chi connectivity index (χ2n) is 5.83. The first-order valence-electron chi connectivity index (χ1n) is 6.58. The summed E-state index contributed by atoms with van der Waals surface area (Å²) in [6.07, 6.45) is -1.88. The minimum absolute atomic E-state index is 0.166. The molecule has 1 heterocycles. The third kappa shape index (κ3) is 2.95. The van der Waals surface area contributed by atoms with E-state index in [-0.39, 0.29) is 5.82 Å². The van der Waals surface area contributed by atoms with Gasteiger partial charge in [0.25, 0.3) is 0 Å². The maximum absolute atomic E-state index is 12.1. The number of carbonyl (C=O) groups excluding carboxylic acids is 1. The molecule has 0 radical (unpaired) electrons. The Balaban J connectivity index is 2.53. The van der Waals surface area contributed by atoms with Gasteiger partial charge in [-0.25, -0.2) is 9.59 Å². The molecule has 0 atom stereocenters. The molecule has 0 saturated carbocycles. The molecule has 22 heavy (non-hydrogen) atoms. The molecule has 0 bridgehead atoms. The molecule has 2 rings (SSSR count). The Hall–Kier alpha value is -2.77. The highest BCUT2D eigenvalue weighted by atomic mass is 16.6. The third-order valence-electron chi connectivity index (χ3n) is 2.85. The second-order valence-corrected chi connectivity index (χ2v) is 5.83. The van der Waals surface area contributed by atoms with E-state index < -0.39 is 17.8 Å². The molecule has 0 aliphatic heterocycles. The van der Waals surface area contributed by atoms with Gasteiger partial charge in [-0.15, -0.1) is 5.10 Å². The van der Waals surface area contributed by atoms with Crippen LogP contribution in [0.3, 0.4) is 0 Å². The van der Waals surface area contributed by atoms with Crippen LogP contribution in [0.2, 0.25) is 0 Å². The predicted molar refractivity (Wildman–Crippen MR) is 82.2 cm³/mol. The van der Waals surface area contributed by atoms with Gasteiger partial charge in [0.2, 0.25) is 0 Å². The van der Waals surface area contributed by atoms with Gasteiger partial charge in [-0.3, -0.25) is 4.90 Å². The fourth-order valence-electron chi connectivity index (χ4n) is 1.93. The van der Waals surface area contributed by atoms with Crippen molar-refractivity contribution in [3.05, 3.63) is 18.2 Å². The van der Waals surface area contributed by atoms with Crippen molar-refractivity contribution in [2.75, 3.05) is 17.7 Å². The number of nitrogens with zero attached hydrogens (tertiary/aromatic N) is 3. The highest BCUT2D eigenvalue weighted by Gasteiger charge is 2.25. The summed E-state index contributed by atoms with van der Waals surface area (Å²) in [4.78, 5) is 24.6. The van der Waals surface area contributed by atoms with Crippen molar-refractivity contribution < 1.29 is 19.4 Å². The Morgan fingerprint density at radius 3 is 2.55 bits per heavy atom. The first-order chi connectivity index (χ1) is 10.1. The van der Waals surface area contributed by atoms with Gasteiger partial charge in [-0.1, -0.05) is 0 Å². The molecule has 118 valence electrons. The lowest BCUT2D eigenvalue weighted by atomic mass is 10.2. The summed E-state index contributed by atoms with van der Waals surface area (Å²) < 4.78 is 6.06. The maximum Gasteiger partial charge on any atom is 0.432 e. The summed E-state index contributed by atoms with van der Waals surface area (Å²) in [6.45, 7) is 5.22. The standard InChI is InChI=1S/C14H18N4O4/c1-14(2,3)22-13(21)17(4)11-9-7-8(15)5-6-10(9)18(16-11)12(19)20/h5-7H,15H2,1-4H3,(H,19,20). The number of carbonyl (C=O) groups is 2. The number of fused-ring (bicyclic) bond motifs is 1. The number of aromatic nitrogens is 2. The van der Waals surface area contributed by atoms with Crippen LogP contribution in [0.5, 0.6) is 0 Å².